The van der Waals surface area contributed by atoms with Crippen LogP contribution >= 0.6 is 27.9 Å². The summed E-state index contributed by atoms with van der Waals surface area (Å²) in [4.78, 5) is 0.975. The molecule has 3 aromatic rings. The zero-order valence-electron chi connectivity index (χ0n) is 10.6. The van der Waals surface area contributed by atoms with Gasteiger partial charge in [0.05, 0.1) is 17.4 Å². The van der Waals surface area contributed by atoms with Crippen LogP contribution in [0.2, 0.25) is 0 Å². The van der Waals surface area contributed by atoms with Gasteiger partial charge < -0.3 is 14.0 Å². The van der Waals surface area contributed by atoms with E-state index in [0.29, 0.717) is 5.82 Å². The molecule has 6 heteroatoms. The Kier molecular flexibility index (Phi) is 3.84. The molecule has 0 spiro atoms. The van der Waals surface area contributed by atoms with Crippen LogP contribution in [0, 0.1) is 0 Å². The maximum Gasteiger partial charge on any atom is 0.187 e. The molecule has 0 saturated carbocycles. The molecule has 0 radical (unpaired) electrons. The fraction of sp³-hybridized carbons (Fsp3) is 0.0714. The van der Waals surface area contributed by atoms with Gasteiger partial charge in [0.15, 0.2) is 11.4 Å². The van der Waals surface area contributed by atoms with Gasteiger partial charge in [0, 0.05) is 4.47 Å². The van der Waals surface area contributed by atoms with Gasteiger partial charge in [-0.3, -0.25) is 0 Å². The normalized spacial score (nSPS) is 10.7. The molecule has 1 aromatic heterocycles. The van der Waals surface area contributed by atoms with Crippen molar-refractivity contribution in [3.63, 3.8) is 0 Å². The minimum Gasteiger partial charge on any atom is -0.495 e. The van der Waals surface area contributed by atoms with Crippen molar-refractivity contribution >= 4 is 44.7 Å². The summed E-state index contributed by atoms with van der Waals surface area (Å²) < 4.78 is 14.8. The van der Waals surface area contributed by atoms with Gasteiger partial charge in [-0.1, -0.05) is 33.2 Å². The minimum absolute atomic E-state index is 0.704. The molecule has 0 fully saturated rings. The van der Waals surface area contributed by atoms with Crippen molar-refractivity contribution in [2.75, 3.05) is 11.8 Å². The maximum atomic E-state index is 5.35. The van der Waals surface area contributed by atoms with Gasteiger partial charge in [-0.05, 0) is 42.3 Å². The molecular weight excluding hydrogens is 340 g/mol. The van der Waals surface area contributed by atoms with Crippen molar-refractivity contribution in [2.45, 2.75) is 4.90 Å². The predicted molar refractivity (Wildman–Crippen MR) is 84.2 cm³/mol. The highest BCUT2D eigenvalue weighted by Gasteiger charge is 2.09. The van der Waals surface area contributed by atoms with Crippen LogP contribution in [0.25, 0.3) is 11.0 Å². The zero-order valence-corrected chi connectivity index (χ0v) is 13.0. The highest BCUT2D eigenvalue weighted by molar-refractivity contribution is 9.10. The summed E-state index contributed by atoms with van der Waals surface area (Å²) in [5.41, 5.74) is 0.762. The van der Waals surface area contributed by atoms with Crippen LogP contribution in [0.1, 0.15) is 0 Å². The van der Waals surface area contributed by atoms with E-state index in [1.807, 2.05) is 42.5 Å². The van der Waals surface area contributed by atoms with Crippen molar-refractivity contribution in [1.29, 1.82) is 0 Å². The smallest absolute Gasteiger partial charge is 0.187 e. The number of hydrogen-bond donors (Lipinski definition) is 1. The fourth-order valence-corrected chi connectivity index (χ4v) is 2.86. The summed E-state index contributed by atoms with van der Waals surface area (Å²) >= 11 is 4.86. The molecule has 0 saturated heterocycles. The first kappa shape index (κ1) is 13.3. The lowest BCUT2D eigenvalue weighted by Crippen LogP contribution is -1.91. The van der Waals surface area contributed by atoms with Gasteiger partial charge in [0.1, 0.15) is 5.75 Å². The third kappa shape index (κ3) is 2.62. The minimum atomic E-state index is 0.704. The summed E-state index contributed by atoms with van der Waals surface area (Å²) in [6, 6.07) is 13.6. The summed E-state index contributed by atoms with van der Waals surface area (Å²) in [6.45, 7) is 0. The van der Waals surface area contributed by atoms with Crippen molar-refractivity contribution < 1.29 is 9.26 Å². The molecule has 102 valence electrons. The molecule has 3 rings (SSSR count). The van der Waals surface area contributed by atoms with Crippen molar-refractivity contribution in [1.82, 2.24) is 5.16 Å². The first-order valence-electron chi connectivity index (χ1n) is 5.89. The standard InChI is InChI=1S/C14H11BrN2O2S/c1-18-12-8-9(15)6-7-13(12)20-17-14-10-4-2-3-5-11(10)19-16-14/h2-8H,1H3,(H,16,17). The molecule has 0 unspecified atom stereocenters. The first-order valence-corrected chi connectivity index (χ1v) is 7.49. The number of para-hydroxylation sites is 1. The molecule has 0 aliphatic carbocycles. The van der Waals surface area contributed by atoms with E-state index in [4.69, 9.17) is 9.26 Å². The summed E-state index contributed by atoms with van der Waals surface area (Å²) in [5.74, 6) is 1.50. The van der Waals surface area contributed by atoms with E-state index < -0.39 is 0 Å². The molecule has 20 heavy (non-hydrogen) atoms. The number of nitrogens with zero attached hydrogens (tertiary/aromatic N) is 1. The second kappa shape index (κ2) is 5.76. The number of aromatic nitrogens is 1. The van der Waals surface area contributed by atoms with Gasteiger partial charge in [0.2, 0.25) is 0 Å². The zero-order chi connectivity index (χ0) is 13.9. The molecule has 4 nitrogen and oxygen atoms in total. The average molecular weight is 351 g/mol. The second-order valence-electron chi connectivity index (χ2n) is 4.03. The van der Waals surface area contributed by atoms with E-state index in [2.05, 4.69) is 25.8 Å². The highest BCUT2D eigenvalue weighted by Crippen LogP contribution is 2.33. The number of methoxy groups -OCH3 is 1. The molecule has 0 aliphatic rings. The van der Waals surface area contributed by atoms with Crippen LogP contribution in [-0.2, 0) is 0 Å². The average Bonchev–Trinajstić information content (AvgIpc) is 2.89. The number of rotatable bonds is 4. The second-order valence-corrected chi connectivity index (χ2v) is 5.79. The Morgan fingerprint density at radius 1 is 1.25 bits per heavy atom. The number of ether oxygens (including phenoxy) is 1. The van der Waals surface area contributed by atoms with E-state index in [9.17, 15) is 0 Å². The lowest BCUT2D eigenvalue weighted by atomic mass is 10.2. The van der Waals surface area contributed by atoms with Crippen LogP contribution in [0.5, 0.6) is 5.75 Å². The summed E-state index contributed by atoms with van der Waals surface area (Å²) in [7, 11) is 1.65. The number of hydrogen-bond acceptors (Lipinski definition) is 5. The number of anilines is 1. The van der Waals surface area contributed by atoms with E-state index in [-0.39, 0.29) is 0 Å². The lowest BCUT2D eigenvalue weighted by Gasteiger charge is -2.08. The molecule has 0 amide bonds. The van der Waals surface area contributed by atoms with Gasteiger partial charge in [0.25, 0.3) is 0 Å². The van der Waals surface area contributed by atoms with Crippen LogP contribution in [0.3, 0.4) is 0 Å². The maximum absolute atomic E-state index is 5.35. The molecule has 0 aliphatic heterocycles. The Balaban J connectivity index is 1.83. The number of benzene rings is 2. The van der Waals surface area contributed by atoms with Crippen LogP contribution in [-0.4, -0.2) is 12.3 Å². The quantitative estimate of drug-likeness (QED) is 0.690. The number of fused-ring (bicyclic) bond motifs is 1. The number of halogens is 1. The lowest BCUT2D eigenvalue weighted by molar-refractivity contribution is 0.404. The molecule has 2 aromatic carbocycles. The van der Waals surface area contributed by atoms with Crippen molar-refractivity contribution in [2.24, 2.45) is 0 Å². The Morgan fingerprint density at radius 3 is 2.95 bits per heavy atom. The van der Waals surface area contributed by atoms with Gasteiger partial charge in [-0.2, -0.15) is 0 Å². The van der Waals surface area contributed by atoms with Crippen molar-refractivity contribution in [3.05, 3.63) is 46.9 Å². The predicted octanol–water partition coefficient (Wildman–Crippen LogP) is 4.72. The summed E-state index contributed by atoms with van der Waals surface area (Å²) in [5, 5.41) is 4.98. The van der Waals surface area contributed by atoms with Gasteiger partial charge in [-0.15, -0.1) is 0 Å². The van der Waals surface area contributed by atoms with E-state index in [1.165, 1.54) is 11.9 Å². The highest BCUT2D eigenvalue weighted by atomic mass is 79.9. The van der Waals surface area contributed by atoms with Gasteiger partial charge >= 0.3 is 0 Å². The third-order valence-corrected chi connectivity index (χ3v) is 4.11. The third-order valence-electron chi connectivity index (χ3n) is 2.76. The summed E-state index contributed by atoms with van der Waals surface area (Å²) in [6.07, 6.45) is 0. The molecule has 1 N–H and O–H groups in total. The van der Waals surface area contributed by atoms with Gasteiger partial charge in [-0.25, -0.2) is 0 Å². The molecule has 1 heterocycles. The molecule has 0 atom stereocenters. The Bertz CT molecular complexity index is 745. The Morgan fingerprint density at radius 2 is 2.10 bits per heavy atom. The van der Waals surface area contributed by atoms with Crippen molar-refractivity contribution in [3.8, 4) is 5.75 Å². The largest absolute Gasteiger partial charge is 0.495 e. The topological polar surface area (TPSA) is 47.3 Å². The Hall–Kier alpha value is -1.66. The Labute approximate surface area is 128 Å². The number of nitrogens with one attached hydrogen (secondary N) is 1. The molecular formula is C14H11BrN2O2S. The SMILES string of the molecule is COc1cc(Br)ccc1SNc1noc2ccccc12. The van der Waals surface area contributed by atoms with Crippen LogP contribution in [0.15, 0.2) is 56.4 Å². The molecule has 0 bridgehead atoms. The fourth-order valence-electron chi connectivity index (χ4n) is 1.79. The van der Waals surface area contributed by atoms with Crippen LogP contribution in [0.4, 0.5) is 5.82 Å². The van der Waals surface area contributed by atoms with E-state index >= 15 is 0 Å². The first-order chi connectivity index (χ1) is 9.78. The van der Waals surface area contributed by atoms with Crippen LogP contribution < -0.4 is 9.46 Å². The van der Waals surface area contributed by atoms with E-state index in [1.54, 1.807) is 7.11 Å². The monoisotopic (exact) mass is 350 g/mol. The van der Waals surface area contributed by atoms with E-state index in [0.717, 1.165) is 26.1 Å².